The maximum atomic E-state index is 12.7. The third kappa shape index (κ3) is 4.74. The molecule has 2 aliphatic rings. The molecule has 2 rings (SSSR count). The number of nitrogens with zero attached hydrogens (tertiary/aromatic N) is 2. The van der Waals surface area contributed by atoms with E-state index < -0.39 is 23.1 Å². The molecule has 0 bridgehead atoms. The van der Waals surface area contributed by atoms with Crippen molar-refractivity contribution in [1.29, 1.82) is 0 Å². The molecule has 0 radical (unpaired) electrons. The van der Waals surface area contributed by atoms with Crippen LogP contribution in [0.1, 0.15) is 59.3 Å². The first-order chi connectivity index (χ1) is 12.0. The number of carbonyl (C=O) groups is 4. The van der Waals surface area contributed by atoms with E-state index in [-0.39, 0.29) is 31.3 Å². The smallest absolute Gasteiger partial charge is 0.326 e. The first-order valence-corrected chi connectivity index (χ1v) is 9.14. The largest absolute Gasteiger partial charge is 0.459 e. The van der Waals surface area contributed by atoms with Gasteiger partial charge in [-0.3, -0.25) is 19.3 Å². The molecule has 4 amide bonds. The highest BCUT2D eigenvalue weighted by atomic mass is 16.6. The van der Waals surface area contributed by atoms with Gasteiger partial charge in [-0.25, -0.2) is 4.79 Å². The molecule has 8 nitrogen and oxygen atoms in total. The van der Waals surface area contributed by atoms with Gasteiger partial charge >= 0.3 is 12.0 Å². The average Bonchev–Trinajstić information content (AvgIpc) is 2.74. The Morgan fingerprint density at radius 3 is 2.38 bits per heavy atom. The van der Waals surface area contributed by atoms with Crippen molar-refractivity contribution in [3.63, 3.8) is 0 Å². The average molecular weight is 367 g/mol. The Balaban J connectivity index is 1.85. The van der Waals surface area contributed by atoms with Gasteiger partial charge in [-0.1, -0.05) is 19.3 Å². The van der Waals surface area contributed by atoms with Crippen LogP contribution in [0.3, 0.4) is 0 Å². The predicted octanol–water partition coefficient (Wildman–Crippen LogP) is 1.43. The number of nitrogens with one attached hydrogen (secondary N) is 1. The predicted molar refractivity (Wildman–Crippen MR) is 94.2 cm³/mol. The molecule has 0 aromatic heterocycles. The highest BCUT2D eigenvalue weighted by Crippen LogP contribution is 2.33. The molecular formula is C18H29N3O5. The number of rotatable bonds is 5. The summed E-state index contributed by atoms with van der Waals surface area (Å²) in [5.74, 6) is -1.05. The van der Waals surface area contributed by atoms with E-state index in [1.54, 1.807) is 20.8 Å². The zero-order valence-corrected chi connectivity index (χ0v) is 16.1. The molecule has 146 valence electrons. The van der Waals surface area contributed by atoms with Crippen LogP contribution in [0.5, 0.6) is 0 Å². The van der Waals surface area contributed by atoms with E-state index in [1.165, 1.54) is 11.9 Å². The minimum absolute atomic E-state index is 0.0178. The van der Waals surface area contributed by atoms with E-state index in [0.29, 0.717) is 12.8 Å². The van der Waals surface area contributed by atoms with Crippen LogP contribution in [0.25, 0.3) is 0 Å². The number of carbonyl (C=O) groups excluding carboxylic acids is 4. The zero-order valence-electron chi connectivity index (χ0n) is 16.1. The second-order valence-electron chi connectivity index (χ2n) is 8.12. The number of urea groups is 1. The van der Waals surface area contributed by atoms with Gasteiger partial charge in [0.1, 0.15) is 17.7 Å². The van der Waals surface area contributed by atoms with Gasteiger partial charge in [0.15, 0.2) is 0 Å². The Morgan fingerprint density at radius 1 is 1.19 bits per heavy atom. The number of imide groups is 1. The van der Waals surface area contributed by atoms with E-state index in [2.05, 4.69) is 5.32 Å². The standard InChI is InChI=1S/C18H29N3O5/c1-17(2,3)26-14(23)12-20(4)13(22)8-11-21-15(24)18(19-16(21)25)9-6-5-7-10-18/h5-12H2,1-4H3,(H,19,25). The summed E-state index contributed by atoms with van der Waals surface area (Å²) in [7, 11) is 1.50. The quantitative estimate of drug-likeness (QED) is 0.586. The third-order valence-corrected chi connectivity index (χ3v) is 4.71. The highest BCUT2D eigenvalue weighted by Gasteiger charge is 2.51. The van der Waals surface area contributed by atoms with Gasteiger partial charge in [0, 0.05) is 20.0 Å². The van der Waals surface area contributed by atoms with Crippen LogP contribution < -0.4 is 5.32 Å². The molecule has 2 fully saturated rings. The van der Waals surface area contributed by atoms with Crippen LogP contribution in [-0.4, -0.2) is 64.9 Å². The number of hydrogen-bond donors (Lipinski definition) is 1. The van der Waals surface area contributed by atoms with Gasteiger partial charge < -0.3 is 15.0 Å². The molecule has 1 saturated heterocycles. The molecule has 0 unspecified atom stereocenters. The SMILES string of the molecule is CN(CC(=O)OC(C)(C)C)C(=O)CCN1C(=O)NC2(CCCCC2)C1=O. The molecule has 1 aliphatic carbocycles. The molecular weight excluding hydrogens is 338 g/mol. The number of likely N-dealkylation sites (N-methyl/N-ethyl adjacent to an activating group) is 1. The normalized spacial score (nSPS) is 19.5. The van der Waals surface area contributed by atoms with Crippen molar-refractivity contribution >= 4 is 23.8 Å². The van der Waals surface area contributed by atoms with Gasteiger partial charge in [-0.05, 0) is 33.6 Å². The molecule has 1 heterocycles. The lowest BCUT2D eigenvalue weighted by Gasteiger charge is -2.30. The summed E-state index contributed by atoms with van der Waals surface area (Å²) >= 11 is 0. The van der Waals surface area contributed by atoms with Crippen LogP contribution in [0.2, 0.25) is 0 Å². The van der Waals surface area contributed by atoms with E-state index in [4.69, 9.17) is 4.74 Å². The maximum Gasteiger partial charge on any atom is 0.326 e. The second-order valence-corrected chi connectivity index (χ2v) is 8.12. The molecule has 1 spiro atoms. The van der Waals surface area contributed by atoms with Crippen LogP contribution in [0.4, 0.5) is 4.79 Å². The number of esters is 1. The van der Waals surface area contributed by atoms with Crippen molar-refractivity contribution in [2.75, 3.05) is 20.1 Å². The Kier molecular flexibility index (Phi) is 5.93. The molecule has 1 N–H and O–H groups in total. The van der Waals surface area contributed by atoms with Gasteiger partial charge in [-0.15, -0.1) is 0 Å². The minimum Gasteiger partial charge on any atom is -0.459 e. The highest BCUT2D eigenvalue weighted by molar-refractivity contribution is 6.07. The van der Waals surface area contributed by atoms with E-state index in [0.717, 1.165) is 24.2 Å². The number of ether oxygens (including phenoxy) is 1. The van der Waals surface area contributed by atoms with E-state index in [9.17, 15) is 19.2 Å². The van der Waals surface area contributed by atoms with Crippen molar-refractivity contribution in [3.05, 3.63) is 0 Å². The maximum absolute atomic E-state index is 12.7. The molecule has 1 saturated carbocycles. The minimum atomic E-state index is -0.777. The summed E-state index contributed by atoms with van der Waals surface area (Å²) in [6.07, 6.45) is 4.18. The van der Waals surface area contributed by atoms with Crippen LogP contribution in [0, 0.1) is 0 Å². The molecule has 0 aromatic rings. The van der Waals surface area contributed by atoms with Crippen molar-refractivity contribution in [2.45, 2.75) is 70.4 Å². The summed E-state index contributed by atoms with van der Waals surface area (Å²) in [6.45, 7) is 5.12. The molecule has 0 aromatic carbocycles. The van der Waals surface area contributed by atoms with Crippen molar-refractivity contribution in [3.8, 4) is 0 Å². The molecule has 0 atom stereocenters. The third-order valence-electron chi connectivity index (χ3n) is 4.71. The molecule has 1 aliphatic heterocycles. The van der Waals surface area contributed by atoms with Gasteiger partial charge in [0.05, 0.1) is 0 Å². The number of hydrogen-bond acceptors (Lipinski definition) is 5. The fourth-order valence-electron chi connectivity index (χ4n) is 3.43. The summed E-state index contributed by atoms with van der Waals surface area (Å²) in [5.41, 5.74) is -1.39. The summed E-state index contributed by atoms with van der Waals surface area (Å²) in [5, 5.41) is 2.82. The first kappa shape index (κ1) is 20.2. The Labute approximate surface area is 154 Å². The van der Waals surface area contributed by atoms with Crippen LogP contribution in [0.15, 0.2) is 0 Å². The van der Waals surface area contributed by atoms with E-state index in [1.807, 2.05) is 0 Å². The fourth-order valence-corrected chi connectivity index (χ4v) is 3.43. The van der Waals surface area contributed by atoms with Crippen molar-refractivity contribution in [2.24, 2.45) is 0 Å². The molecule has 8 heteroatoms. The van der Waals surface area contributed by atoms with Gasteiger partial charge in [0.2, 0.25) is 5.91 Å². The fraction of sp³-hybridized carbons (Fsp3) is 0.778. The topological polar surface area (TPSA) is 96.0 Å². The molecule has 26 heavy (non-hydrogen) atoms. The summed E-state index contributed by atoms with van der Waals surface area (Å²) in [6, 6.07) is -0.431. The van der Waals surface area contributed by atoms with Crippen molar-refractivity contribution in [1.82, 2.24) is 15.1 Å². The first-order valence-electron chi connectivity index (χ1n) is 9.14. The van der Waals surface area contributed by atoms with Gasteiger partial charge in [-0.2, -0.15) is 0 Å². The Hall–Kier alpha value is -2.12. The number of amides is 4. The Morgan fingerprint density at radius 2 is 1.81 bits per heavy atom. The lowest BCUT2D eigenvalue weighted by atomic mass is 9.82. The van der Waals surface area contributed by atoms with E-state index >= 15 is 0 Å². The van der Waals surface area contributed by atoms with Crippen LogP contribution in [-0.2, 0) is 19.1 Å². The monoisotopic (exact) mass is 367 g/mol. The van der Waals surface area contributed by atoms with Crippen LogP contribution >= 0.6 is 0 Å². The Bertz CT molecular complexity index is 590. The van der Waals surface area contributed by atoms with Crippen molar-refractivity contribution < 1.29 is 23.9 Å². The second kappa shape index (κ2) is 7.63. The summed E-state index contributed by atoms with van der Waals surface area (Å²) in [4.78, 5) is 51.2. The van der Waals surface area contributed by atoms with Gasteiger partial charge in [0.25, 0.3) is 5.91 Å². The summed E-state index contributed by atoms with van der Waals surface area (Å²) < 4.78 is 5.18. The zero-order chi connectivity index (χ0) is 19.5. The lowest BCUT2D eigenvalue weighted by Crippen LogP contribution is -2.48. The lowest BCUT2D eigenvalue weighted by molar-refractivity contribution is -0.158.